The Morgan fingerprint density at radius 2 is 0.785 bits per heavy atom. The zero-order valence-electron chi connectivity index (χ0n) is 36.1. The Morgan fingerprint density at radius 1 is 0.308 bits per heavy atom. The SMILES string of the molecule is CC1(C)c2ccccc2C2(c3ccccc3Oc3ccccc32)c2ccc(-c3cccc(-c4cc(-c5ccccc5)nc(-c5ccc6c7ccccc7c7ccccc7c6c5)n4)c3)cc21. The van der Waals surface area contributed by atoms with Crippen LogP contribution in [0, 0.1) is 0 Å². The molecule has 0 saturated heterocycles. The maximum atomic E-state index is 6.65. The molecule has 1 aliphatic carbocycles. The lowest BCUT2D eigenvalue weighted by Gasteiger charge is -2.50. The topological polar surface area (TPSA) is 35.0 Å². The Balaban J connectivity index is 0.980. The molecular weight excluding hydrogens is 789 g/mol. The third kappa shape index (κ3) is 5.55. The molecule has 10 aromatic carbocycles. The number of hydrogen-bond donors (Lipinski definition) is 0. The molecule has 0 unspecified atom stereocenters. The third-order valence-corrected chi connectivity index (χ3v) is 14.2. The van der Waals surface area contributed by atoms with Crippen LogP contribution in [-0.2, 0) is 10.8 Å². The second-order valence-electron chi connectivity index (χ2n) is 18.0. The highest BCUT2D eigenvalue weighted by molar-refractivity contribution is 6.25. The smallest absolute Gasteiger partial charge is 0.160 e. The lowest BCUT2D eigenvalue weighted by Crippen LogP contribution is -2.43. The molecule has 3 heteroatoms. The number of benzene rings is 10. The van der Waals surface area contributed by atoms with Gasteiger partial charge in [0.15, 0.2) is 5.82 Å². The van der Waals surface area contributed by atoms with Crippen molar-refractivity contribution in [3.63, 3.8) is 0 Å². The van der Waals surface area contributed by atoms with E-state index in [2.05, 4.69) is 232 Å². The van der Waals surface area contributed by atoms with E-state index in [4.69, 9.17) is 14.7 Å². The second kappa shape index (κ2) is 14.2. The van der Waals surface area contributed by atoms with Crippen LogP contribution in [0.25, 0.3) is 77.3 Å². The van der Waals surface area contributed by atoms with Crippen molar-refractivity contribution in [1.29, 1.82) is 0 Å². The highest BCUT2D eigenvalue weighted by Crippen LogP contribution is 2.61. The summed E-state index contributed by atoms with van der Waals surface area (Å²) in [5.74, 6) is 2.49. The Hall–Kier alpha value is -8.14. The van der Waals surface area contributed by atoms with E-state index in [1.807, 2.05) is 0 Å². The monoisotopic (exact) mass is 830 g/mol. The first-order valence-corrected chi connectivity index (χ1v) is 22.5. The van der Waals surface area contributed by atoms with E-state index in [9.17, 15) is 0 Å². The number of para-hydroxylation sites is 2. The number of nitrogens with zero attached hydrogens (tertiary/aromatic N) is 2. The van der Waals surface area contributed by atoms with Crippen molar-refractivity contribution in [3.8, 4) is 56.5 Å². The minimum atomic E-state index is -0.555. The maximum absolute atomic E-state index is 6.65. The normalized spacial score (nSPS) is 14.1. The Kier molecular flexibility index (Phi) is 8.17. The van der Waals surface area contributed by atoms with Crippen molar-refractivity contribution in [2.45, 2.75) is 24.7 Å². The van der Waals surface area contributed by atoms with Gasteiger partial charge in [0.05, 0.1) is 16.8 Å². The molecule has 13 rings (SSSR count). The van der Waals surface area contributed by atoms with Crippen LogP contribution in [0.3, 0.4) is 0 Å². The number of rotatable bonds is 4. The fourth-order valence-corrected chi connectivity index (χ4v) is 11.2. The lowest BCUT2D eigenvalue weighted by atomic mass is 9.53. The van der Waals surface area contributed by atoms with E-state index in [1.54, 1.807) is 0 Å². The van der Waals surface area contributed by atoms with Crippen molar-refractivity contribution in [2.24, 2.45) is 0 Å². The summed E-state index contributed by atoms with van der Waals surface area (Å²) in [6.07, 6.45) is 0. The number of aromatic nitrogens is 2. The van der Waals surface area contributed by atoms with Gasteiger partial charge in [-0.05, 0) is 102 Å². The van der Waals surface area contributed by atoms with Gasteiger partial charge >= 0.3 is 0 Å². The van der Waals surface area contributed by atoms with Crippen molar-refractivity contribution >= 4 is 32.3 Å². The second-order valence-corrected chi connectivity index (χ2v) is 18.0. The van der Waals surface area contributed by atoms with Crippen molar-refractivity contribution in [1.82, 2.24) is 9.97 Å². The molecule has 0 saturated carbocycles. The number of ether oxygens (including phenoxy) is 1. The number of hydrogen-bond acceptors (Lipinski definition) is 3. The van der Waals surface area contributed by atoms with Gasteiger partial charge in [-0.2, -0.15) is 0 Å². The average Bonchev–Trinajstić information content (AvgIpc) is 3.37. The predicted molar refractivity (Wildman–Crippen MR) is 267 cm³/mol. The quantitative estimate of drug-likeness (QED) is 0.166. The van der Waals surface area contributed by atoms with Gasteiger partial charge in [-0.15, -0.1) is 0 Å². The van der Waals surface area contributed by atoms with Gasteiger partial charge in [0.2, 0.25) is 0 Å². The van der Waals surface area contributed by atoms with Crippen LogP contribution in [0.2, 0.25) is 0 Å². The predicted octanol–water partition coefficient (Wildman–Crippen LogP) is 15.7. The molecule has 2 heterocycles. The molecule has 1 aromatic heterocycles. The standard InChI is InChI=1S/C62H42N2O/c1-61(2)50-25-10-11-26-51(50)62(53-27-12-14-29-58(53)65-59-30-15-13-28-54(59)62)52-34-32-41(37-55(52)61)40-19-16-20-42(35-40)57-38-56(39-17-4-3-5-18-39)63-60(64-57)43-31-33-48-46-23-7-6-21-44(46)45-22-8-9-24-47(45)49(48)36-43/h3-38H,1-2H3. The summed E-state index contributed by atoms with van der Waals surface area (Å²) in [4.78, 5) is 10.6. The Labute approximate surface area is 378 Å². The fourth-order valence-electron chi connectivity index (χ4n) is 11.2. The minimum absolute atomic E-state index is 0.281. The molecule has 3 nitrogen and oxygen atoms in total. The molecule has 11 aromatic rings. The summed E-state index contributed by atoms with van der Waals surface area (Å²) >= 11 is 0. The van der Waals surface area contributed by atoms with Crippen LogP contribution < -0.4 is 4.74 Å². The van der Waals surface area contributed by atoms with E-state index < -0.39 is 5.41 Å². The molecule has 0 amide bonds. The molecule has 65 heavy (non-hydrogen) atoms. The molecule has 0 bridgehead atoms. The van der Waals surface area contributed by atoms with Gasteiger partial charge in [-0.3, -0.25) is 0 Å². The molecule has 0 radical (unpaired) electrons. The van der Waals surface area contributed by atoms with Gasteiger partial charge in [0.25, 0.3) is 0 Å². The van der Waals surface area contributed by atoms with Crippen molar-refractivity contribution in [2.75, 3.05) is 0 Å². The highest BCUT2D eigenvalue weighted by Gasteiger charge is 2.52. The van der Waals surface area contributed by atoms with Crippen LogP contribution in [0.1, 0.15) is 47.2 Å². The molecule has 0 atom stereocenters. The molecule has 0 fully saturated rings. The molecule has 1 spiro atoms. The average molecular weight is 831 g/mol. The first-order valence-electron chi connectivity index (χ1n) is 22.5. The van der Waals surface area contributed by atoms with Crippen LogP contribution >= 0.6 is 0 Å². The zero-order chi connectivity index (χ0) is 43.3. The first kappa shape index (κ1) is 37.4. The van der Waals surface area contributed by atoms with Gasteiger partial charge in [0, 0.05) is 33.2 Å². The fraction of sp³-hybridized carbons (Fsp3) is 0.0645. The Morgan fingerprint density at radius 3 is 1.46 bits per heavy atom. The largest absolute Gasteiger partial charge is 0.457 e. The van der Waals surface area contributed by atoms with E-state index in [0.717, 1.165) is 50.7 Å². The summed E-state index contributed by atoms with van der Waals surface area (Å²) in [6, 6.07) is 78.9. The third-order valence-electron chi connectivity index (χ3n) is 14.2. The summed E-state index contributed by atoms with van der Waals surface area (Å²) in [5, 5.41) is 7.40. The molecular formula is C62H42N2O. The van der Waals surface area contributed by atoms with Gasteiger partial charge in [-0.1, -0.05) is 196 Å². The summed E-state index contributed by atoms with van der Waals surface area (Å²) in [7, 11) is 0. The van der Waals surface area contributed by atoms with E-state index in [1.165, 1.54) is 65.7 Å². The van der Waals surface area contributed by atoms with E-state index in [-0.39, 0.29) is 5.41 Å². The van der Waals surface area contributed by atoms with Crippen LogP contribution in [0.15, 0.2) is 218 Å². The van der Waals surface area contributed by atoms with Gasteiger partial charge in [0.1, 0.15) is 11.5 Å². The van der Waals surface area contributed by atoms with Crippen LogP contribution in [0.5, 0.6) is 11.5 Å². The van der Waals surface area contributed by atoms with E-state index in [0.29, 0.717) is 5.82 Å². The van der Waals surface area contributed by atoms with Crippen LogP contribution in [-0.4, -0.2) is 9.97 Å². The first-order chi connectivity index (χ1) is 32.0. The van der Waals surface area contributed by atoms with Crippen molar-refractivity contribution in [3.05, 3.63) is 252 Å². The molecule has 1 aliphatic heterocycles. The summed E-state index contributed by atoms with van der Waals surface area (Å²) in [5.41, 5.74) is 13.8. The van der Waals surface area contributed by atoms with Gasteiger partial charge in [-0.25, -0.2) is 9.97 Å². The molecule has 306 valence electrons. The maximum Gasteiger partial charge on any atom is 0.160 e. The summed E-state index contributed by atoms with van der Waals surface area (Å²) in [6.45, 7) is 4.75. The summed E-state index contributed by atoms with van der Waals surface area (Å²) < 4.78 is 6.65. The minimum Gasteiger partial charge on any atom is -0.457 e. The Bertz CT molecular complexity index is 3650. The lowest BCUT2D eigenvalue weighted by molar-refractivity contribution is 0.425. The zero-order valence-corrected chi connectivity index (χ0v) is 36.1. The molecule has 2 aliphatic rings. The van der Waals surface area contributed by atoms with E-state index >= 15 is 0 Å². The van der Waals surface area contributed by atoms with Gasteiger partial charge < -0.3 is 4.74 Å². The molecule has 0 N–H and O–H groups in total. The highest BCUT2D eigenvalue weighted by atomic mass is 16.5. The number of fused-ring (bicyclic) bond motifs is 14. The van der Waals surface area contributed by atoms with Crippen molar-refractivity contribution < 1.29 is 4.74 Å². The van der Waals surface area contributed by atoms with Crippen LogP contribution in [0.4, 0.5) is 0 Å².